The fourth-order valence-corrected chi connectivity index (χ4v) is 4.70. The maximum atomic E-state index is 13.0. The van der Waals surface area contributed by atoms with Gasteiger partial charge in [0, 0.05) is 17.8 Å². The van der Waals surface area contributed by atoms with Crippen molar-refractivity contribution in [2.75, 3.05) is 11.1 Å². The van der Waals surface area contributed by atoms with Crippen LogP contribution >= 0.6 is 27.3 Å². The first-order valence-electron chi connectivity index (χ1n) is 8.81. The van der Waals surface area contributed by atoms with Gasteiger partial charge in [-0.25, -0.2) is 9.97 Å². The van der Waals surface area contributed by atoms with Gasteiger partial charge in [0.1, 0.15) is 16.7 Å². The van der Waals surface area contributed by atoms with Crippen molar-refractivity contribution in [1.29, 1.82) is 0 Å². The second-order valence-electron chi connectivity index (χ2n) is 6.39. The van der Waals surface area contributed by atoms with E-state index in [9.17, 15) is 4.79 Å². The molecule has 1 amide bonds. The molecule has 4 heterocycles. The Bertz CT molecular complexity index is 1400. The molecule has 11 heteroatoms. The molecule has 1 aromatic carbocycles. The highest BCUT2D eigenvalue weighted by molar-refractivity contribution is 9.10. The lowest BCUT2D eigenvalue weighted by atomic mass is 10.2. The summed E-state index contributed by atoms with van der Waals surface area (Å²) < 4.78 is 3.13. The molecule has 3 N–H and O–H groups in total. The molecule has 4 aromatic heterocycles. The van der Waals surface area contributed by atoms with E-state index in [2.05, 4.69) is 46.3 Å². The van der Waals surface area contributed by atoms with Gasteiger partial charge in [0.2, 0.25) is 0 Å². The van der Waals surface area contributed by atoms with Crippen LogP contribution in [0.4, 0.5) is 11.5 Å². The van der Waals surface area contributed by atoms with E-state index >= 15 is 0 Å². The molecule has 5 aromatic rings. The van der Waals surface area contributed by atoms with Gasteiger partial charge in [-0.15, -0.1) is 11.3 Å². The van der Waals surface area contributed by atoms with Crippen LogP contribution in [0.25, 0.3) is 21.1 Å². The molecule has 0 unspecified atom stereocenters. The Kier molecular flexibility index (Phi) is 4.60. The highest BCUT2D eigenvalue weighted by Crippen LogP contribution is 2.32. The molecule has 30 heavy (non-hydrogen) atoms. The van der Waals surface area contributed by atoms with Crippen LogP contribution in [0.2, 0.25) is 0 Å². The predicted octanol–water partition coefficient (Wildman–Crippen LogP) is 3.48. The third kappa shape index (κ3) is 3.17. The number of halogens is 1. The van der Waals surface area contributed by atoms with E-state index in [1.54, 1.807) is 24.0 Å². The molecule has 0 saturated heterocycles. The van der Waals surface area contributed by atoms with Crippen molar-refractivity contribution in [3.05, 3.63) is 64.4 Å². The summed E-state index contributed by atoms with van der Waals surface area (Å²) in [5.41, 5.74) is 9.14. The maximum absolute atomic E-state index is 13.0. The van der Waals surface area contributed by atoms with Crippen LogP contribution in [0.1, 0.15) is 16.1 Å². The van der Waals surface area contributed by atoms with Crippen molar-refractivity contribution < 1.29 is 4.79 Å². The van der Waals surface area contributed by atoms with Crippen LogP contribution in [-0.2, 0) is 6.54 Å². The van der Waals surface area contributed by atoms with Crippen LogP contribution in [0.15, 0.2) is 53.1 Å². The Morgan fingerprint density at radius 3 is 2.97 bits per heavy atom. The Balaban J connectivity index is 1.51. The van der Waals surface area contributed by atoms with Gasteiger partial charge >= 0.3 is 0 Å². The Morgan fingerprint density at radius 1 is 1.23 bits per heavy atom. The van der Waals surface area contributed by atoms with Gasteiger partial charge in [-0.2, -0.15) is 5.10 Å². The van der Waals surface area contributed by atoms with Crippen molar-refractivity contribution in [2.24, 2.45) is 0 Å². The van der Waals surface area contributed by atoms with Gasteiger partial charge in [0.05, 0.1) is 50.8 Å². The number of nitrogen functional groups attached to an aromatic ring is 1. The second kappa shape index (κ2) is 7.43. The molecule has 0 aliphatic heterocycles. The van der Waals surface area contributed by atoms with Crippen molar-refractivity contribution in [3.8, 4) is 0 Å². The highest BCUT2D eigenvalue weighted by atomic mass is 79.9. The van der Waals surface area contributed by atoms with Gasteiger partial charge < -0.3 is 11.1 Å². The fourth-order valence-electron chi connectivity index (χ4n) is 3.19. The number of anilines is 2. The van der Waals surface area contributed by atoms with Gasteiger partial charge in [0.25, 0.3) is 5.91 Å². The Hall–Kier alpha value is -3.44. The molecule has 0 fully saturated rings. The van der Waals surface area contributed by atoms with Crippen LogP contribution < -0.4 is 11.1 Å². The van der Waals surface area contributed by atoms with E-state index in [1.165, 1.54) is 17.7 Å². The summed E-state index contributed by atoms with van der Waals surface area (Å²) in [6.45, 7) is 0.457. The van der Waals surface area contributed by atoms with Crippen molar-refractivity contribution >= 4 is 65.8 Å². The highest BCUT2D eigenvalue weighted by Gasteiger charge is 2.19. The first-order valence-corrected chi connectivity index (χ1v) is 10.5. The first kappa shape index (κ1) is 18.6. The van der Waals surface area contributed by atoms with Crippen molar-refractivity contribution in [1.82, 2.24) is 29.7 Å². The number of nitrogens with one attached hydrogen (secondary N) is 1. The molecule has 0 aliphatic carbocycles. The lowest BCUT2D eigenvalue weighted by Crippen LogP contribution is -2.12. The minimum atomic E-state index is -0.277. The van der Waals surface area contributed by atoms with Gasteiger partial charge in [-0.3, -0.25) is 19.4 Å². The van der Waals surface area contributed by atoms with Crippen molar-refractivity contribution in [3.63, 3.8) is 0 Å². The molecule has 9 nitrogen and oxygen atoms in total. The van der Waals surface area contributed by atoms with Crippen molar-refractivity contribution in [2.45, 2.75) is 6.54 Å². The molecule has 0 bridgehead atoms. The van der Waals surface area contributed by atoms with Gasteiger partial charge in [-0.05, 0) is 28.1 Å². The first-order chi connectivity index (χ1) is 14.6. The number of carbonyl (C=O) groups excluding carboxylic acids is 1. The Morgan fingerprint density at radius 2 is 2.13 bits per heavy atom. The number of nitrogens with zero attached hydrogens (tertiary/aromatic N) is 6. The maximum Gasteiger partial charge on any atom is 0.258 e. The molecule has 0 spiro atoms. The number of hydrogen-bond donors (Lipinski definition) is 2. The summed E-state index contributed by atoms with van der Waals surface area (Å²) in [6, 6.07) is 5.63. The van der Waals surface area contributed by atoms with Crippen LogP contribution in [-0.4, -0.2) is 35.6 Å². The number of hydrogen-bond acceptors (Lipinski definition) is 8. The number of thiophene rings is 1. The standard InChI is InChI=1S/C19H13BrN8OS/c20-17-14-12(26-19(29)11-8-30-16-15(11)24-9-25-18(16)21)2-1-3-13(14)28(27-17)7-10-6-22-4-5-23-10/h1-6,8-9H,7H2,(H,26,29)(H2,21,24,25). The van der Waals surface area contributed by atoms with E-state index in [0.717, 1.165) is 16.6 Å². The van der Waals surface area contributed by atoms with E-state index in [-0.39, 0.29) is 5.91 Å². The second-order valence-corrected chi connectivity index (χ2v) is 8.02. The topological polar surface area (TPSA) is 124 Å². The van der Waals surface area contributed by atoms with Gasteiger partial charge in [-0.1, -0.05) is 6.07 Å². The molecule has 0 atom stereocenters. The lowest BCUT2D eigenvalue weighted by molar-refractivity contribution is 0.102. The largest absolute Gasteiger partial charge is 0.382 e. The third-order valence-corrected chi connectivity index (χ3v) is 6.08. The van der Waals surface area contributed by atoms with Crippen LogP contribution in [0, 0.1) is 0 Å². The molecule has 0 radical (unpaired) electrons. The molecule has 0 saturated carbocycles. The minimum Gasteiger partial charge on any atom is -0.382 e. The number of amides is 1. The van der Waals surface area contributed by atoms with Crippen LogP contribution in [0.5, 0.6) is 0 Å². The number of carbonyl (C=O) groups is 1. The summed E-state index contributed by atoms with van der Waals surface area (Å²) in [5.74, 6) is 0.0830. The monoisotopic (exact) mass is 480 g/mol. The number of rotatable bonds is 4. The summed E-state index contributed by atoms with van der Waals surface area (Å²) >= 11 is 4.86. The SMILES string of the molecule is Nc1ncnc2c(C(=O)Nc3cccc4c3c(Br)nn4Cc3cnccn3)csc12. The van der Waals surface area contributed by atoms with E-state index < -0.39 is 0 Å². The predicted molar refractivity (Wildman–Crippen MR) is 118 cm³/mol. The molecular weight excluding hydrogens is 468 g/mol. The van der Waals surface area contributed by atoms with E-state index in [4.69, 9.17) is 5.73 Å². The zero-order valence-corrected chi connectivity index (χ0v) is 17.7. The molecular formula is C19H13BrN8OS. The quantitative estimate of drug-likeness (QED) is 0.403. The van der Waals surface area contributed by atoms with Gasteiger partial charge in [0.15, 0.2) is 0 Å². The number of aromatic nitrogens is 6. The summed E-state index contributed by atoms with van der Waals surface area (Å²) in [7, 11) is 0. The Labute approximate surface area is 182 Å². The fraction of sp³-hybridized carbons (Fsp3) is 0.0526. The number of benzene rings is 1. The van der Waals surface area contributed by atoms with E-state index in [1.807, 2.05) is 22.9 Å². The average molecular weight is 481 g/mol. The smallest absolute Gasteiger partial charge is 0.258 e. The van der Waals surface area contributed by atoms with E-state index in [0.29, 0.717) is 38.4 Å². The normalized spacial score (nSPS) is 11.2. The minimum absolute atomic E-state index is 0.277. The number of fused-ring (bicyclic) bond motifs is 2. The summed E-state index contributed by atoms with van der Waals surface area (Å²) in [6.07, 6.45) is 6.32. The zero-order chi connectivity index (χ0) is 20.7. The zero-order valence-electron chi connectivity index (χ0n) is 15.3. The van der Waals surface area contributed by atoms with Crippen LogP contribution in [0.3, 0.4) is 0 Å². The number of nitrogens with two attached hydrogens (primary N) is 1. The summed E-state index contributed by atoms with van der Waals surface area (Å²) in [4.78, 5) is 29.6. The molecule has 0 aliphatic rings. The molecule has 5 rings (SSSR count). The lowest BCUT2D eigenvalue weighted by Gasteiger charge is -2.07. The molecule has 148 valence electrons. The third-order valence-electron chi connectivity index (χ3n) is 4.54. The summed E-state index contributed by atoms with van der Waals surface area (Å²) in [5, 5.41) is 10.1. The average Bonchev–Trinajstić information content (AvgIpc) is 3.32.